The lowest BCUT2D eigenvalue weighted by Crippen LogP contribution is -2.44. The van der Waals surface area contributed by atoms with Gasteiger partial charge in [0.05, 0.1) is 0 Å². The van der Waals surface area contributed by atoms with Crippen LogP contribution in [0.5, 0.6) is 0 Å². The van der Waals surface area contributed by atoms with E-state index in [-0.39, 0.29) is 10.6 Å². The van der Waals surface area contributed by atoms with Gasteiger partial charge in [-0.3, -0.25) is 4.40 Å². The van der Waals surface area contributed by atoms with Crippen molar-refractivity contribution in [1.82, 2.24) is 14.1 Å². The van der Waals surface area contributed by atoms with Crippen LogP contribution < -0.4 is 10.0 Å². The fourth-order valence-corrected chi connectivity index (χ4v) is 4.79. The summed E-state index contributed by atoms with van der Waals surface area (Å²) >= 11 is 0. The van der Waals surface area contributed by atoms with Crippen LogP contribution in [0.25, 0.3) is 5.65 Å². The van der Waals surface area contributed by atoms with Gasteiger partial charge >= 0.3 is 0 Å². The first-order valence-corrected chi connectivity index (χ1v) is 8.62. The molecule has 114 valence electrons. The predicted molar refractivity (Wildman–Crippen MR) is 81.9 cm³/mol. The zero-order chi connectivity index (χ0) is 15.1. The maximum Gasteiger partial charge on any atom is 0.260 e. The van der Waals surface area contributed by atoms with E-state index in [9.17, 15) is 8.42 Å². The number of pyridine rings is 1. The highest BCUT2D eigenvalue weighted by atomic mass is 32.2. The number of sulfonamides is 1. The van der Waals surface area contributed by atoms with Crippen molar-refractivity contribution in [3.05, 3.63) is 24.4 Å². The zero-order valence-corrected chi connectivity index (χ0v) is 13.1. The quantitative estimate of drug-likeness (QED) is 0.905. The number of imidazole rings is 1. The van der Waals surface area contributed by atoms with Crippen LogP contribution in [-0.2, 0) is 10.0 Å². The fourth-order valence-electron chi connectivity index (χ4n) is 3.02. The van der Waals surface area contributed by atoms with Crippen LogP contribution in [-0.4, -0.2) is 30.4 Å². The maximum absolute atomic E-state index is 12.8. The summed E-state index contributed by atoms with van der Waals surface area (Å²) in [5, 5.41) is 3.05. The first-order valence-electron chi connectivity index (χ1n) is 7.14. The van der Waals surface area contributed by atoms with Crippen LogP contribution in [0, 0.1) is 0 Å². The molecule has 2 heterocycles. The van der Waals surface area contributed by atoms with Crippen molar-refractivity contribution in [2.45, 2.75) is 43.2 Å². The minimum Gasteiger partial charge on any atom is -0.371 e. The number of aromatic nitrogens is 2. The van der Waals surface area contributed by atoms with Gasteiger partial charge in [0.2, 0.25) is 0 Å². The van der Waals surface area contributed by atoms with Crippen molar-refractivity contribution in [2.75, 3.05) is 12.4 Å². The number of nitrogens with one attached hydrogen (secondary N) is 2. The summed E-state index contributed by atoms with van der Waals surface area (Å²) in [6.07, 6.45) is 5.58. The fraction of sp³-hybridized carbons (Fsp3) is 0.500. The molecule has 0 atom stereocenters. The highest BCUT2D eigenvalue weighted by Crippen LogP contribution is 2.32. The Morgan fingerprint density at radius 1 is 1.29 bits per heavy atom. The topological polar surface area (TPSA) is 75.5 Å². The molecule has 2 aromatic heterocycles. The third-order valence-corrected chi connectivity index (χ3v) is 5.73. The Hall–Kier alpha value is -1.60. The highest BCUT2D eigenvalue weighted by Gasteiger charge is 2.36. The molecule has 0 aliphatic heterocycles. The summed E-state index contributed by atoms with van der Waals surface area (Å²) < 4.78 is 30.1. The smallest absolute Gasteiger partial charge is 0.260 e. The van der Waals surface area contributed by atoms with Crippen molar-refractivity contribution in [1.29, 1.82) is 0 Å². The van der Waals surface area contributed by atoms with E-state index in [1.165, 1.54) is 0 Å². The van der Waals surface area contributed by atoms with Gasteiger partial charge in [0.1, 0.15) is 5.65 Å². The lowest BCUT2D eigenvalue weighted by atomic mass is 10.0. The third kappa shape index (κ3) is 2.51. The van der Waals surface area contributed by atoms with Crippen LogP contribution in [0.4, 0.5) is 5.82 Å². The molecule has 6 nitrogen and oxygen atoms in total. The molecule has 0 amide bonds. The Bertz CT molecular complexity index is 760. The van der Waals surface area contributed by atoms with E-state index >= 15 is 0 Å². The number of anilines is 1. The number of fused-ring (bicyclic) bond motifs is 1. The van der Waals surface area contributed by atoms with E-state index in [0.29, 0.717) is 11.5 Å². The summed E-state index contributed by atoms with van der Waals surface area (Å²) in [6.45, 7) is 1.97. The van der Waals surface area contributed by atoms with Crippen LogP contribution in [0.1, 0.15) is 32.6 Å². The van der Waals surface area contributed by atoms with E-state index < -0.39 is 10.0 Å². The first kappa shape index (κ1) is 14.3. The molecule has 0 spiro atoms. The van der Waals surface area contributed by atoms with Crippen LogP contribution >= 0.6 is 0 Å². The van der Waals surface area contributed by atoms with Gasteiger partial charge in [-0.25, -0.2) is 18.1 Å². The Morgan fingerprint density at radius 3 is 2.67 bits per heavy atom. The molecule has 1 fully saturated rings. The molecule has 1 saturated carbocycles. The second-order valence-electron chi connectivity index (χ2n) is 5.82. The number of hydrogen-bond acceptors (Lipinski definition) is 4. The van der Waals surface area contributed by atoms with Gasteiger partial charge in [-0.05, 0) is 31.9 Å². The van der Waals surface area contributed by atoms with Crippen LogP contribution in [0.15, 0.2) is 29.4 Å². The van der Waals surface area contributed by atoms with E-state index in [4.69, 9.17) is 0 Å². The predicted octanol–water partition coefficient (Wildman–Crippen LogP) is 1.99. The standard InChI is InChI=1S/C14H20N4O2S/c1-14(8-4-5-9-14)17-21(19,20)13-12(15-2)16-11-7-3-6-10-18(11)13/h3,6-7,10,15,17H,4-5,8-9H2,1-2H3. The van der Waals surface area contributed by atoms with Crippen molar-refractivity contribution >= 4 is 21.5 Å². The molecular weight excluding hydrogens is 288 g/mol. The van der Waals surface area contributed by atoms with Crippen molar-refractivity contribution in [3.8, 4) is 0 Å². The van der Waals surface area contributed by atoms with Crippen molar-refractivity contribution in [3.63, 3.8) is 0 Å². The van der Waals surface area contributed by atoms with Gasteiger partial charge in [0, 0.05) is 18.8 Å². The second kappa shape index (κ2) is 4.99. The molecular formula is C14H20N4O2S. The Kier molecular flexibility index (Phi) is 3.41. The van der Waals surface area contributed by atoms with Gasteiger partial charge in [-0.2, -0.15) is 0 Å². The maximum atomic E-state index is 12.8. The van der Waals surface area contributed by atoms with Gasteiger partial charge in [0.15, 0.2) is 10.8 Å². The molecule has 0 unspecified atom stereocenters. The molecule has 0 radical (unpaired) electrons. The molecule has 21 heavy (non-hydrogen) atoms. The molecule has 1 aliphatic rings. The van der Waals surface area contributed by atoms with E-state index in [2.05, 4.69) is 15.0 Å². The Labute approximate surface area is 124 Å². The molecule has 1 aliphatic carbocycles. The largest absolute Gasteiger partial charge is 0.371 e. The molecule has 2 N–H and O–H groups in total. The Morgan fingerprint density at radius 2 is 2.00 bits per heavy atom. The molecule has 0 saturated heterocycles. The van der Waals surface area contributed by atoms with Gasteiger partial charge < -0.3 is 5.32 Å². The summed E-state index contributed by atoms with van der Waals surface area (Å²) in [4.78, 5) is 4.33. The highest BCUT2D eigenvalue weighted by molar-refractivity contribution is 7.89. The minimum absolute atomic E-state index is 0.175. The SMILES string of the molecule is CNc1nc2ccccn2c1S(=O)(=O)NC1(C)CCCC1. The van der Waals surface area contributed by atoms with E-state index in [1.807, 2.05) is 13.0 Å². The van der Waals surface area contributed by atoms with Crippen molar-refractivity contribution in [2.24, 2.45) is 0 Å². The molecule has 0 bridgehead atoms. The Balaban J connectivity index is 2.10. The lowest BCUT2D eigenvalue weighted by Gasteiger charge is -2.24. The summed E-state index contributed by atoms with van der Waals surface area (Å²) in [6, 6.07) is 5.42. The summed E-state index contributed by atoms with van der Waals surface area (Å²) in [5.41, 5.74) is 0.252. The van der Waals surface area contributed by atoms with E-state index in [1.54, 1.807) is 29.8 Å². The molecule has 3 rings (SSSR count). The average Bonchev–Trinajstić information content (AvgIpc) is 3.01. The lowest BCUT2D eigenvalue weighted by molar-refractivity contribution is 0.426. The zero-order valence-electron chi connectivity index (χ0n) is 12.3. The van der Waals surface area contributed by atoms with Crippen molar-refractivity contribution < 1.29 is 8.42 Å². The summed E-state index contributed by atoms with van der Waals surface area (Å²) in [7, 11) is -1.96. The molecule has 0 aromatic carbocycles. The summed E-state index contributed by atoms with van der Waals surface area (Å²) in [5.74, 6) is 0.371. The third-order valence-electron chi connectivity index (χ3n) is 4.07. The van der Waals surface area contributed by atoms with Crippen LogP contribution in [0.2, 0.25) is 0 Å². The first-order chi connectivity index (χ1) is 9.95. The van der Waals surface area contributed by atoms with Gasteiger partial charge in [-0.15, -0.1) is 0 Å². The van der Waals surface area contributed by atoms with Gasteiger partial charge in [-0.1, -0.05) is 18.9 Å². The number of rotatable bonds is 4. The van der Waals surface area contributed by atoms with Crippen LogP contribution in [0.3, 0.4) is 0 Å². The average molecular weight is 308 g/mol. The van der Waals surface area contributed by atoms with Gasteiger partial charge in [0.25, 0.3) is 10.0 Å². The number of nitrogens with zero attached hydrogens (tertiary/aromatic N) is 2. The second-order valence-corrected chi connectivity index (χ2v) is 7.42. The van der Waals surface area contributed by atoms with E-state index in [0.717, 1.165) is 25.7 Å². The monoisotopic (exact) mass is 308 g/mol. The number of hydrogen-bond donors (Lipinski definition) is 2. The molecule has 2 aromatic rings. The normalized spacial score (nSPS) is 18.2. The molecule has 7 heteroatoms. The minimum atomic E-state index is -3.64.